The van der Waals surface area contributed by atoms with E-state index in [1.807, 2.05) is 5.38 Å². The van der Waals surface area contributed by atoms with Gasteiger partial charge in [-0.25, -0.2) is 4.98 Å². The van der Waals surface area contributed by atoms with Gasteiger partial charge in [-0.3, -0.25) is 0 Å². The minimum atomic E-state index is 0.182. The number of hydrogen-bond donors (Lipinski definition) is 2. The summed E-state index contributed by atoms with van der Waals surface area (Å²) in [6, 6.07) is 3.60. The lowest BCUT2D eigenvalue weighted by Gasteiger charge is -2.03. The fourth-order valence-electron chi connectivity index (χ4n) is 1.13. The summed E-state index contributed by atoms with van der Waals surface area (Å²) in [5.74, 6) is 0.182. The van der Waals surface area contributed by atoms with Crippen LogP contribution in [0.15, 0.2) is 26.5 Å². The summed E-state index contributed by atoms with van der Waals surface area (Å²) in [6.07, 6.45) is 0. The van der Waals surface area contributed by atoms with E-state index in [4.69, 9.17) is 5.73 Å². The molecule has 3 nitrogen and oxygen atoms in total. The Morgan fingerprint density at radius 1 is 1.27 bits per heavy atom. The van der Waals surface area contributed by atoms with E-state index in [0.29, 0.717) is 14.1 Å². The van der Waals surface area contributed by atoms with Crippen molar-refractivity contribution in [1.29, 1.82) is 0 Å². The van der Waals surface area contributed by atoms with Crippen LogP contribution in [-0.4, -0.2) is 10.1 Å². The number of aromatic hydroxyl groups is 1. The van der Waals surface area contributed by atoms with Gasteiger partial charge in [-0.2, -0.15) is 0 Å². The highest BCUT2D eigenvalue weighted by molar-refractivity contribution is 9.11. The molecule has 3 N–H and O–H groups in total. The second-order valence-electron chi connectivity index (χ2n) is 2.86. The topological polar surface area (TPSA) is 59.1 Å². The number of nitrogen functional groups attached to an aromatic ring is 1. The molecule has 0 saturated carbocycles. The standard InChI is InChI=1S/C9H6Br2N2OS/c10-5-1-4(2-6(11)8(5)14)7-3-15-9(12)13-7/h1-3,14H,(H2,12,13). The van der Waals surface area contributed by atoms with Gasteiger partial charge in [0.1, 0.15) is 5.75 Å². The van der Waals surface area contributed by atoms with E-state index in [9.17, 15) is 5.11 Å². The lowest BCUT2D eigenvalue weighted by atomic mass is 10.2. The summed E-state index contributed by atoms with van der Waals surface area (Å²) < 4.78 is 1.25. The van der Waals surface area contributed by atoms with Crippen molar-refractivity contribution in [1.82, 2.24) is 4.98 Å². The van der Waals surface area contributed by atoms with Crippen molar-refractivity contribution in [2.75, 3.05) is 5.73 Å². The second-order valence-corrected chi connectivity index (χ2v) is 5.46. The van der Waals surface area contributed by atoms with Gasteiger partial charge in [0.15, 0.2) is 5.13 Å². The first-order chi connectivity index (χ1) is 7.08. The van der Waals surface area contributed by atoms with E-state index in [1.165, 1.54) is 11.3 Å². The van der Waals surface area contributed by atoms with Crippen molar-refractivity contribution in [2.24, 2.45) is 0 Å². The molecule has 0 spiro atoms. The highest BCUT2D eigenvalue weighted by atomic mass is 79.9. The van der Waals surface area contributed by atoms with Crippen molar-refractivity contribution in [3.63, 3.8) is 0 Å². The fourth-order valence-corrected chi connectivity index (χ4v) is 2.89. The van der Waals surface area contributed by atoms with E-state index in [1.54, 1.807) is 12.1 Å². The van der Waals surface area contributed by atoms with Crippen molar-refractivity contribution < 1.29 is 5.11 Å². The van der Waals surface area contributed by atoms with Crippen LogP contribution in [-0.2, 0) is 0 Å². The lowest BCUT2D eigenvalue weighted by Crippen LogP contribution is -1.84. The first kappa shape index (κ1) is 10.9. The number of phenolic OH excluding ortho intramolecular Hbond substituents is 1. The van der Waals surface area contributed by atoms with Gasteiger partial charge in [-0.1, -0.05) is 0 Å². The molecular formula is C9H6Br2N2OS. The number of hydrogen-bond acceptors (Lipinski definition) is 4. The molecule has 2 aromatic rings. The highest BCUT2D eigenvalue weighted by Gasteiger charge is 2.09. The van der Waals surface area contributed by atoms with Crippen molar-refractivity contribution in [3.05, 3.63) is 26.5 Å². The number of halogens is 2. The summed E-state index contributed by atoms with van der Waals surface area (Å²) in [4.78, 5) is 4.17. The van der Waals surface area contributed by atoms with E-state index in [-0.39, 0.29) is 5.75 Å². The average Bonchev–Trinajstić information content (AvgIpc) is 2.60. The molecule has 0 aliphatic rings. The summed E-state index contributed by atoms with van der Waals surface area (Å²) in [7, 11) is 0. The van der Waals surface area contributed by atoms with E-state index in [2.05, 4.69) is 36.8 Å². The molecular weight excluding hydrogens is 344 g/mol. The zero-order valence-corrected chi connectivity index (χ0v) is 11.4. The summed E-state index contributed by atoms with van der Waals surface area (Å²) in [5.41, 5.74) is 7.26. The minimum Gasteiger partial charge on any atom is -0.506 e. The van der Waals surface area contributed by atoms with Gasteiger partial charge in [0, 0.05) is 10.9 Å². The zero-order chi connectivity index (χ0) is 11.0. The predicted octanol–water partition coefficient (Wildman–Crippen LogP) is 3.62. The molecule has 0 bridgehead atoms. The molecule has 0 fully saturated rings. The number of benzene rings is 1. The predicted molar refractivity (Wildman–Crippen MR) is 69.0 cm³/mol. The minimum absolute atomic E-state index is 0.182. The quantitative estimate of drug-likeness (QED) is 0.826. The van der Waals surface area contributed by atoms with Gasteiger partial charge < -0.3 is 10.8 Å². The first-order valence-electron chi connectivity index (χ1n) is 3.97. The summed E-state index contributed by atoms with van der Waals surface area (Å²) in [6.45, 7) is 0. The maximum Gasteiger partial charge on any atom is 0.180 e. The van der Waals surface area contributed by atoms with E-state index in [0.717, 1.165) is 11.3 Å². The van der Waals surface area contributed by atoms with E-state index >= 15 is 0 Å². The van der Waals surface area contributed by atoms with Gasteiger partial charge in [0.25, 0.3) is 0 Å². The van der Waals surface area contributed by atoms with Gasteiger partial charge in [-0.15, -0.1) is 11.3 Å². The number of aromatic nitrogens is 1. The van der Waals surface area contributed by atoms with Crippen LogP contribution in [0.1, 0.15) is 0 Å². The number of rotatable bonds is 1. The van der Waals surface area contributed by atoms with Crippen molar-refractivity contribution in [3.8, 4) is 17.0 Å². The Bertz CT molecular complexity index is 490. The third kappa shape index (κ3) is 2.16. The normalized spacial score (nSPS) is 10.5. The average molecular weight is 350 g/mol. The number of nitrogens with two attached hydrogens (primary N) is 1. The Hall–Kier alpha value is -0.590. The third-order valence-electron chi connectivity index (χ3n) is 1.83. The molecule has 1 aromatic carbocycles. The van der Waals surface area contributed by atoms with Gasteiger partial charge in [0.05, 0.1) is 14.6 Å². The molecule has 0 unspecified atom stereocenters. The number of nitrogens with zero attached hydrogens (tertiary/aromatic N) is 1. The van der Waals surface area contributed by atoms with Crippen molar-refractivity contribution >= 4 is 48.3 Å². The number of phenols is 1. The maximum absolute atomic E-state index is 9.55. The van der Waals surface area contributed by atoms with Crippen molar-refractivity contribution in [2.45, 2.75) is 0 Å². The molecule has 1 aromatic heterocycles. The molecule has 0 radical (unpaired) electrons. The van der Waals surface area contributed by atoms with Crippen LogP contribution >= 0.6 is 43.2 Å². The monoisotopic (exact) mass is 348 g/mol. The first-order valence-corrected chi connectivity index (χ1v) is 6.44. The summed E-state index contributed by atoms with van der Waals surface area (Å²) >= 11 is 7.92. The van der Waals surface area contributed by atoms with Crippen LogP contribution < -0.4 is 5.73 Å². The second kappa shape index (κ2) is 4.11. The molecule has 78 valence electrons. The van der Waals surface area contributed by atoms with Crippen LogP contribution in [0.3, 0.4) is 0 Å². The van der Waals surface area contributed by atoms with Crippen LogP contribution in [0.2, 0.25) is 0 Å². The van der Waals surface area contributed by atoms with Gasteiger partial charge in [0.2, 0.25) is 0 Å². The molecule has 0 amide bonds. The molecule has 2 rings (SSSR count). The smallest absolute Gasteiger partial charge is 0.180 e. The van der Waals surface area contributed by atoms with Gasteiger partial charge in [-0.05, 0) is 44.0 Å². The van der Waals surface area contributed by atoms with E-state index < -0.39 is 0 Å². The Morgan fingerprint density at radius 2 is 1.87 bits per heavy atom. The number of anilines is 1. The largest absolute Gasteiger partial charge is 0.506 e. The SMILES string of the molecule is Nc1nc(-c2cc(Br)c(O)c(Br)c2)cs1. The highest BCUT2D eigenvalue weighted by Crippen LogP contribution is 2.37. The Labute approximate surface area is 107 Å². The maximum atomic E-state index is 9.55. The van der Waals surface area contributed by atoms with Gasteiger partial charge >= 0.3 is 0 Å². The molecule has 6 heteroatoms. The summed E-state index contributed by atoms with van der Waals surface area (Å²) in [5, 5.41) is 12.0. The Morgan fingerprint density at radius 3 is 2.33 bits per heavy atom. The lowest BCUT2D eigenvalue weighted by molar-refractivity contribution is 0.468. The molecule has 0 aliphatic carbocycles. The molecule has 15 heavy (non-hydrogen) atoms. The van der Waals surface area contributed by atoms with Crippen LogP contribution in [0.25, 0.3) is 11.3 Å². The Kier molecular flexibility index (Phi) is 2.99. The molecule has 0 saturated heterocycles. The van der Waals surface area contributed by atoms with Crippen LogP contribution in [0, 0.1) is 0 Å². The zero-order valence-electron chi connectivity index (χ0n) is 7.37. The van der Waals surface area contributed by atoms with Crippen LogP contribution in [0.4, 0.5) is 5.13 Å². The number of thiazole rings is 1. The molecule has 1 heterocycles. The fraction of sp³-hybridized carbons (Fsp3) is 0. The Balaban J connectivity index is 2.55. The molecule has 0 atom stereocenters. The third-order valence-corrected chi connectivity index (χ3v) is 3.72. The molecule has 0 aliphatic heterocycles. The van der Waals surface area contributed by atoms with Crippen LogP contribution in [0.5, 0.6) is 5.75 Å².